The van der Waals surface area contributed by atoms with Crippen LogP contribution in [0.5, 0.6) is 11.6 Å². The number of para-hydroxylation sites is 1. The molecule has 0 spiro atoms. The second kappa shape index (κ2) is 7.43. The summed E-state index contributed by atoms with van der Waals surface area (Å²) in [7, 11) is 0. The fourth-order valence-corrected chi connectivity index (χ4v) is 2.95. The molecule has 3 aromatic rings. The van der Waals surface area contributed by atoms with Crippen LogP contribution in [-0.2, 0) is 4.79 Å². The Bertz CT molecular complexity index is 1030. The number of carbonyl (C=O) groups excluding carboxylic acids is 2. The van der Waals surface area contributed by atoms with Crippen LogP contribution in [-0.4, -0.2) is 33.2 Å². The summed E-state index contributed by atoms with van der Waals surface area (Å²) in [5.74, 6) is 0.182. The molecule has 1 aliphatic heterocycles. The number of benzene rings is 2. The van der Waals surface area contributed by atoms with Crippen molar-refractivity contribution in [3.05, 3.63) is 60.8 Å². The van der Waals surface area contributed by atoms with Gasteiger partial charge in [-0.25, -0.2) is 4.79 Å². The van der Waals surface area contributed by atoms with Gasteiger partial charge in [0.2, 0.25) is 5.88 Å². The number of rotatable bonds is 5. The molecule has 3 amide bonds. The van der Waals surface area contributed by atoms with Crippen LogP contribution >= 0.6 is 0 Å². The number of hydrogen-bond acceptors (Lipinski definition) is 6. The summed E-state index contributed by atoms with van der Waals surface area (Å²) in [6.07, 6.45) is 1.82. The van der Waals surface area contributed by atoms with E-state index in [-0.39, 0.29) is 11.8 Å². The highest BCUT2D eigenvalue weighted by Gasteiger charge is 2.40. The Morgan fingerprint density at radius 3 is 2.57 bits per heavy atom. The Hall–Kier alpha value is -3.81. The molecule has 2 heterocycles. The first-order valence-electron chi connectivity index (χ1n) is 8.84. The fourth-order valence-electron chi connectivity index (χ4n) is 2.95. The molecular weight excluding hydrogens is 358 g/mol. The Morgan fingerprint density at radius 2 is 1.82 bits per heavy atom. The molecular formula is C20H17N5O3. The molecule has 8 nitrogen and oxygen atoms in total. The Morgan fingerprint density at radius 1 is 1.07 bits per heavy atom. The maximum absolute atomic E-state index is 12.4. The molecule has 28 heavy (non-hydrogen) atoms. The van der Waals surface area contributed by atoms with Crippen molar-refractivity contribution in [2.45, 2.75) is 19.4 Å². The standard InChI is InChI=1S/C20H17N5O3/c1-2-15-18(26)25(20(27)22-15)19-23-17(12-21-24-19)28-16-11-7-6-10-14(16)13-8-4-3-5-9-13/h3-12,15H,2H2,1H3,(H,22,27)/t15-/m1/s1. The molecule has 2 aromatic carbocycles. The monoisotopic (exact) mass is 375 g/mol. The zero-order valence-corrected chi connectivity index (χ0v) is 15.1. The van der Waals surface area contributed by atoms with Crippen molar-refractivity contribution in [2.24, 2.45) is 0 Å². The molecule has 1 atom stereocenters. The molecule has 1 saturated heterocycles. The van der Waals surface area contributed by atoms with E-state index in [1.165, 1.54) is 6.20 Å². The van der Waals surface area contributed by atoms with E-state index < -0.39 is 18.0 Å². The summed E-state index contributed by atoms with van der Waals surface area (Å²) < 4.78 is 5.90. The highest BCUT2D eigenvalue weighted by atomic mass is 16.5. The molecule has 1 aromatic heterocycles. The molecule has 0 bridgehead atoms. The van der Waals surface area contributed by atoms with Crippen molar-refractivity contribution in [1.29, 1.82) is 0 Å². The molecule has 0 unspecified atom stereocenters. The van der Waals surface area contributed by atoms with Crippen molar-refractivity contribution in [2.75, 3.05) is 4.90 Å². The number of imide groups is 1. The summed E-state index contributed by atoms with van der Waals surface area (Å²) in [6, 6.07) is 16.1. The van der Waals surface area contributed by atoms with Gasteiger partial charge in [-0.1, -0.05) is 55.5 Å². The number of ether oxygens (including phenoxy) is 1. The highest BCUT2D eigenvalue weighted by Crippen LogP contribution is 2.32. The topological polar surface area (TPSA) is 97.3 Å². The van der Waals surface area contributed by atoms with E-state index in [9.17, 15) is 9.59 Å². The predicted octanol–water partition coefficient (Wildman–Crippen LogP) is 3.17. The van der Waals surface area contributed by atoms with Crippen LogP contribution in [0.3, 0.4) is 0 Å². The normalized spacial score (nSPS) is 16.2. The summed E-state index contributed by atoms with van der Waals surface area (Å²) in [5.41, 5.74) is 1.87. The van der Waals surface area contributed by atoms with Crippen molar-refractivity contribution in [1.82, 2.24) is 20.5 Å². The predicted molar refractivity (Wildman–Crippen MR) is 102 cm³/mol. The first kappa shape index (κ1) is 17.6. The third-order valence-electron chi connectivity index (χ3n) is 4.34. The molecule has 0 aliphatic carbocycles. The lowest BCUT2D eigenvalue weighted by molar-refractivity contribution is -0.118. The Balaban J connectivity index is 1.64. The van der Waals surface area contributed by atoms with Gasteiger partial charge in [0.1, 0.15) is 18.0 Å². The number of urea groups is 1. The number of nitrogens with one attached hydrogen (secondary N) is 1. The van der Waals surface area contributed by atoms with Crippen molar-refractivity contribution in [3.8, 4) is 22.8 Å². The number of anilines is 1. The van der Waals surface area contributed by atoms with E-state index in [0.717, 1.165) is 16.0 Å². The van der Waals surface area contributed by atoms with Gasteiger partial charge >= 0.3 is 6.03 Å². The van der Waals surface area contributed by atoms with Crippen LogP contribution in [0.4, 0.5) is 10.7 Å². The zero-order valence-electron chi connectivity index (χ0n) is 15.1. The summed E-state index contributed by atoms with van der Waals surface area (Å²) >= 11 is 0. The van der Waals surface area contributed by atoms with Gasteiger partial charge in [0.15, 0.2) is 0 Å². The SMILES string of the molecule is CC[C@H]1NC(=O)N(c2nncc(Oc3ccccc3-c3ccccc3)n2)C1=O. The minimum Gasteiger partial charge on any atom is -0.437 e. The smallest absolute Gasteiger partial charge is 0.331 e. The maximum Gasteiger partial charge on any atom is 0.331 e. The van der Waals surface area contributed by atoms with E-state index in [0.29, 0.717) is 12.2 Å². The van der Waals surface area contributed by atoms with Crippen LogP contribution in [0.25, 0.3) is 11.1 Å². The molecule has 1 fully saturated rings. The molecule has 8 heteroatoms. The average molecular weight is 375 g/mol. The van der Waals surface area contributed by atoms with E-state index in [2.05, 4.69) is 20.5 Å². The lowest BCUT2D eigenvalue weighted by Crippen LogP contribution is -2.33. The van der Waals surface area contributed by atoms with E-state index in [1.807, 2.05) is 61.5 Å². The lowest BCUT2D eigenvalue weighted by atomic mass is 10.1. The van der Waals surface area contributed by atoms with Crippen molar-refractivity contribution in [3.63, 3.8) is 0 Å². The molecule has 1 N–H and O–H groups in total. The largest absolute Gasteiger partial charge is 0.437 e. The quantitative estimate of drug-likeness (QED) is 0.688. The number of hydrogen-bond donors (Lipinski definition) is 1. The van der Waals surface area contributed by atoms with Gasteiger partial charge in [0.25, 0.3) is 11.9 Å². The summed E-state index contributed by atoms with van der Waals surface area (Å²) in [5, 5.41) is 10.2. The average Bonchev–Trinajstić information content (AvgIpc) is 3.02. The molecule has 1 aliphatic rings. The van der Waals surface area contributed by atoms with Crippen LogP contribution in [0.2, 0.25) is 0 Å². The summed E-state index contributed by atoms with van der Waals surface area (Å²) in [4.78, 5) is 29.5. The third kappa shape index (κ3) is 3.27. The van der Waals surface area contributed by atoms with Gasteiger partial charge in [-0.05, 0) is 18.1 Å². The fraction of sp³-hybridized carbons (Fsp3) is 0.150. The maximum atomic E-state index is 12.4. The first-order valence-corrected chi connectivity index (χ1v) is 8.84. The zero-order chi connectivity index (χ0) is 19.5. The minimum atomic E-state index is -0.584. The highest BCUT2D eigenvalue weighted by molar-refractivity contribution is 6.20. The van der Waals surface area contributed by atoms with E-state index >= 15 is 0 Å². The van der Waals surface area contributed by atoms with E-state index in [1.54, 1.807) is 0 Å². The van der Waals surface area contributed by atoms with Crippen LogP contribution in [0, 0.1) is 0 Å². The van der Waals surface area contributed by atoms with Gasteiger partial charge in [-0.3, -0.25) is 4.79 Å². The first-order chi connectivity index (χ1) is 13.7. The number of carbonyl (C=O) groups is 2. The van der Waals surface area contributed by atoms with Crippen LogP contribution < -0.4 is 15.0 Å². The molecule has 4 rings (SSSR count). The Kier molecular flexibility index (Phi) is 4.67. The van der Waals surface area contributed by atoms with Gasteiger partial charge < -0.3 is 10.1 Å². The van der Waals surface area contributed by atoms with Crippen molar-refractivity contribution < 1.29 is 14.3 Å². The lowest BCUT2D eigenvalue weighted by Gasteiger charge is -2.13. The minimum absolute atomic E-state index is 0.117. The number of nitrogens with zero attached hydrogens (tertiary/aromatic N) is 4. The van der Waals surface area contributed by atoms with Gasteiger partial charge in [-0.2, -0.15) is 9.88 Å². The molecule has 0 radical (unpaired) electrons. The second-order valence-corrected chi connectivity index (χ2v) is 6.14. The summed E-state index contributed by atoms with van der Waals surface area (Å²) in [6.45, 7) is 1.81. The van der Waals surface area contributed by atoms with Gasteiger partial charge in [-0.15, -0.1) is 10.2 Å². The van der Waals surface area contributed by atoms with Crippen LogP contribution in [0.15, 0.2) is 60.8 Å². The molecule has 0 saturated carbocycles. The van der Waals surface area contributed by atoms with Gasteiger partial charge in [0.05, 0.1) is 0 Å². The second-order valence-electron chi connectivity index (χ2n) is 6.14. The van der Waals surface area contributed by atoms with E-state index in [4.69, 9.17) is 4.74 Å². The number of aromatic nitrogens is 3. The Labute approximate surface area is 161 Å². The third-order valence-corrected chi connectivity index (χ3v) is 4.34. The molecule has 140 valence electrons. The number of amides is 3. The van der Waals surface area contributed by atoms with Gasteiger partial charge in [0, 0.05) is 5.56 Å². The van der Waals surface area contributed by atoms with Crippen LogP contribution in [0.1, 0.15) is 13.3 Å². The van der Waals surface area contributed by atoms with Crippen molar-refractivity contribution >= 4 is 17.9 Å².